The molecule has 1 N–H and O–H groups in total. The highest BCUT2D eigenvalue weighted by Gasteiger charge is 2.47. The number of hydrogen-bond donors (Lipinski definition) is 1. The van der Waals surface area contributed by atoms with Crippen molar-refractivity contribution in [3.8, 4) is 5.75 Å². The Labute approximate surface area is 203 Å². The summed E-state index contributed by atoms with van der Waals surface area (Å²) in [5, 5.41) is 11.8. The Morgan fingerprint density at radius 1 is 1.09 bits per heavy atom. The minimum atomic E-state index is -0.841. The van der Waals surface area contributed by atoms with Gasteiger partial charge in [-0.05, 0) is 72.0 Å². The maximum Gasteiger partial charge on any atom is 0.300 e. The Morgan fingerprint density at radius 3 is 2.41 bits per heavy atom. The van der Waals surface area contributed by atoms with Crippen LogP contribution in [0.3, 0.4) is 0 Å². The monoisotopic (exact) mass is 476 g/mol. The van der Waals surface area contributed by atoms with Gasteiger partial charge in [0.05, 0.1) is 18.7 Å². The van der Waals surface area contributed by atoms with Crippen molar-refractivity contribution in [2.75, 3.05) is 12.0 Å². The van der Waals surface area contributed by atoms with E-state index in [1.807, 2.05) is 20.8 Å². The third-order valence-corrected chi connectivity index (χ3v) is 6.43. The summed E-state index contributed by atoms with van der Waals surface area (Å²) in [6, 6.07) is 13.0. The average molecular weight is 477 g/mol. The van der Waals surface area contributed by atoms with Gasteiger partial charge in [0.25, 0.3) is 11.7 Å². The van der Waals surface area contributed by atoms with Gasteiger partial charge in [0.15, 0.2) is 0 Å². The third kappa shape index (κ3) is 4.05. The fraction of sp³-hybridized carbons (Fsp3) is 0.222. The molecule has 1 fully saturated rings. The van der Waals surface area contributed by atoms with Crippen LogP contribution in [0.1, 0.15) is 48.1 Å². The lowest BCUT2D eigenvalue weighted by Gasteiger charge is -2.25. The number of ether oxygens (including phenoxy) is 1. The van der Waals surface area contributed by atoms with E-state index < -0.39 is 17.7 Å². The SMILES string of the molecule is COc1ccc(/C(O)=C2/C(=O)C(=O)N(c3ccc(C)c(Cl)c3)C2c2ccncc2)cc1C(C)C. The lowest BCUT2D eigenvalue weighted by atomic mass is 9.93. The van der Waals surface area contributed by atoms with E-state index >= 15 is 0 Å². The number of aromatic nitrogens is 1. The van der Waals surface area contributed by atoms with Crippen LogP contribution in [0.5, 0.6) is 5.75 Å². The number of aliphatic hydroxyl groups is 1. The summed E-state index contributed by atoms with van der Waals surface area (Å²) in [5.74, 6) is -0.938. The summed E-state index contributed by atoms with van der Waals surface area (Å²) in [7, 11) is 1.59. The molecule has 0 bridgehead atoms. The second-order valence-corrected chi connectivity index (χ2v) is 8.90. The topological polar surface area (TPSA) is 79.7 Å². The van der Waals surface area contributed by atoms with E-state index in [-0.39, 0.29) is 17.3 Å². The first kappa shape index (κ1) is 23.5. The summed E-state index contributed by atoms with van der Waals surface area (Å²) in [4.78, 5) is 32.0. The Bertz CT molecular complexity index is 1300. The summed E-state index contributed by atoms with van der Waals surface area (Å²) in [6.07, 6.45) is 3.17. The predicted octanol–water partition coefficient (Wildman–Crippen LogP) is 5.80. The molecule has 34 heavy (non-hydrogen) atoms. The molecule has 1 aliphatic heterocycles. The molecule has 1 atom stereocenters. The first-order valence-electron chi connectivity index (χ1n) is 10.9. The smallest absolute Gasteiger partial charge is 0.300 e. The molecule has 1 unspecified atom stereocenters. The molecule has 0 radical (unpaired) electrons. The van der Waals surface area contributed by atoms with Crippen molar-refractivity contribution < 1.29 is 19.4 Å². The zero-order valence-electron chi connectivity index (χ0n) is 19.4. The normalized spacial score (nSPS) is 17.5. The molecule has 0 saturated carbocycles. The fourth-order valence-corrected chi connectivity index (χ4v) is 4.35. The Kier molecular flexibility index (Phi) is 6.44. The van der Waals surface area contributed by atoms with Gasteiger partial charge >= 0.3 is 0 Å². The number of aliphatic hydroxyl groups excluding tert-OH is 1. The van der Waals surface area contributed by atoms with Crippen molar-refractivity contribution >= 4 is 34.7 Å². The molecule has 1 aromatic heterocycles. The highest BCUT2D eigenvalue weighted by atomic mass is 35.5. The molecule has 0 spiro atoms. The number of nitrogens with zero attached hydrogens (tertiary/aromatic N) is 2. The van der Waals surface area contributed by atoms with Crippen LogP contribution in [-0.4, -0.2) is 28.9 Å². The van der Waals surface area contributed by atoms with Crippen LogP contribution in [0.25, 0.3) is 5.76 Å². The Morgan fingerprint density at radius 2 is 1.79 bits per heavy atom. The Balaban J connectivity index is 1.94. The van der Waals surface area contributed by atoms with Crippen LogP contribution in [0, 0.1) is 6.92 Å². The average Bonchev–Trinajstić information content (AvgIpc) is 3.11. The molecule has 1 saturated heterocycles. The van der Waals surface area contributed by atoms with Crippen molar-refractivity contribution in [3.05, 3.63) is 93.8 Å². The second kappa shape index (κ2) is 9.31. The van der Waals surface area contributed by atoms with Gasteiger partial charge in [-0.1, -0.05) is 31.5 Å². The summed E-state index contributed by atoms with van der Waals surface area (Å²) in [5.41, 5.74) is 3.28. The number of anilines is 1. The number of carbonyl (C=O) groups excluding carboxylic acids is 2. The number of halogens is 1. The largest absolute Gasteiger partial charge is 0.507 e. The number of methoxy groups -OCH3 is 1. The number of amides is 1. The zero-order valence-corrected chi connectivity index (χ0v) is 20.1. The maximum atomic E-state index is 13.3. The van der Waals surface area contributed by atoms with Crippen molar-refractivity contribution in [1.82, 2.24) is 4.98 Å². The molecular weight excluding hydrogens is 452 g/mol. The standard InChI is InChI=1S/C27H25ClN2O4/c1-15(2)20-13-18(6-8-22(20)34-4)25(31)23-24(17-9-11-29-12-10-17)30(27(33)26(23)32)19-7-5-16(3)21(28)14-19/h5-15,24,31H,1-4H3/b25-23-. The van der Waals surface area contributed by atoms with E-state index in [1.54, 1.807) is 68.0 Å². The lowest BCUT2D eigenvalue weighted by molar-refractivity contribution is -0.132. The van der Waals surface area contributed by atoms with E-state index in [1.165, 1.54) is 4.90 Å². The number of pyridine rings is 1. The van der Waals surface area contributed by atoms with Gasteiger partial charge in [-0.25, -0.2) is 0 Å². The molecule has 0 aliphatic carbocycles. The minimum absolute atomic E-state index is 0.00719. The van der Waals surface area contributed by atoms with Gasteiger partial charge in [-0.2, -0.15) is 0 Å². The number of rotatable bonds is 5. The van der Waals surface area contributed by atoms with Crippen molar-refractivity contribution in [1.29, 1.82) is 0 Å². The van der Waals surface area contributed by atoms with Gasteiger partial charge in [-0.3, -0.25) is 19.5 Å². The molecule has 174 valence electrons. The number of aryl methyl sites for hydroxylation is 1. The van der Waals surface area contributed by atoms with Crippen LogP contribution in [0.15, 0.2) is 66.5 Å². The van der Waals surface area contributed by atoms with E-state index in [9.17, 15) is 14.7 Å². The molecule has 1 amide bonds. The molecular formula is C27H25ClN2O4. The Hall–Kier alpha value is -3.64. The van der Waals surface area contributed by atoms with Crippen LogP contribution < -0.4 is 9.64 Å². The molecule has 3 aromatic rings. The molecule has 4 rings (SSSR count). The number of hydrogen-bond acceptors (Lipinski definition) is 5. The summed E-state index contributed by atoms with van der Waals surface area (Å²) >= 11 is 6.33. The second-order valence-electron chi connectivity index (χ2n) is 8.49. The van der Waals surface area contributed by atoms with Gasteiger partial charge in [-0.15, -0.1) is 0 Å². The van der Waals surface area contributed by atoms with Crippen molar-refractivity contribution in [3.63, 3.8) is 0 Å². The number of Topliss-reactive ketones (excluding diaryl/α,β-unsaturated/α-hetero) is 1. The number of carbonyl (C=O) groups is 2. The third-order valence-electron chi connectivity index (χ3n) is 6.03. The van der Waals surface area contributed by atoms with Gasteiger partial charge in [0, 0.05) is 28.7 Å². The highest BCUT2D eigenvalue weighted by Crippen LogP contribution is 2.43. The van der Waals surface area contributed by atoms with Gasteiger partial charge in [0.2, 0.25) is 0 Å². The van der Waals surface area contributed by atoms with E-state index in [0.29, 0.717) is 27.6 Å². The highest BCUT2D eigenvalue weighted by molar-refractivity contribution is 6.51. The van der Waals surface area contributed by atoms with Crippen molar-refractivity contribution in [2.24, 2.45) is 0 Å². The van der Waals surface area contributed by atoms with Crippen LogP contribution in [0.2, 0.25) is 5.02 Å². The lowest BCUT2D eigenvalue weighted by Crippen LogP contribution is -2.29. The predicted molar refractivity (Wildman–Crippen MR) is 132 cm³/mol. The maximum absolute atomic E-state index is 13.3. The van der Waals surface area contributed by atoms with Crippen molar-refractivity contribution in [2.45, 2.75) is 32.7 Å². The van der Waals surface area contributed by atoms with Gasteiger partial charge in [0.1, 0.15) is 11.5 Å². The zero-order chi connectivity index (χ0) is 24.6. The molecule has 2 aromatic carbocycles. The fourth-order valence-electron chi connectivity index (χ4n) is 4.18. The number of ketones is 1. The first-order chi connectivity index (χ1) is 16.2. The molecule has 6 nitrogen and oxygen atoms in total. The van der Waals surface area contributed by atoms with E-state index in [4.69, 9.17) is 16.3 Å². The van der Waals surface area contributed by atoms with Crippen LogP contribution in [0.4, 0.5) is 5.69 Å². The molecule has 7 heteroatoms. The summed E-state index contributed by atoms with van der Waals surface area (Å²) < 4.78 is 5.44. The van der Waals surface area contributed by atoms with E-state index in [0.717, 1.165) is 11.1 Å². The first-order valence-corrected chi connectivity index (χ1v) is 11.3. The van der Waals surface area contributed by atoms with Crippen LogP contribution in [-0.2, 0) is 9.59 Å². The van der Waals surface area contributed by atoms with Gasteiger partial charge < -0.3 is 9.84 Å². The minimum Gasteiger partial charge on any atom is -0.507 e. The quantitative estimate of drug-likeness (QED) is 0.286. The van der Waals surface area contributed by atoms with E-state index in [2.05, 4.69) is 4.98 Å². The summed E-state index contributed by atoms with van der Waals surface area (Å²) in [6.45, 7) is 5.88. The number of benzene rings is 2. The molecule has 2 heterocycles. The van der Waals surface area contributed by atoms with Crippen LogP contribution >= 0.6 is 11.6 Å². The molecule has 1 aliphatic rings.